The molecule has 1 fully saturated rings. The number of fused-ring (bicyclic) bond motifs is 1. The van der Waals surface area contributed by atoms with Crippen molar-refractivity contribution in [2.45, 2.75) is 51.4 Å². The summed E-state index contributed by atoms with van der Waals surface area (Å²) in [6.07, 6.45) is 9.76. The van der Waals surface area contributed by atoms with Gasteiger partial charge in [0, 0.05) is 47.3 Å². The van der Waals surface area contributed by atoms with Gasteiger partial charge >= 0.3 is 0 Å². The van der Waals surface area contributed by atoms with E-state index in [-0.39, 0.29) is 17.9 Å². The van der Waals surface area contributed by atoms with Crippen molar-refractivity contribution in [2.24, 2.45) is 0 Å². The van der Waals surface area contributed by atoms with Crippen LogP contribution in [0.15, 0.2) is 49.2 Å². The highest BCUT2D eigenvalue weighted by atomic mass is 32.2. The van der Waals surface area contributed by atoms with Gasteiger partial charge in [0.2, 0.25) is 0 Å². The number of anilines is 2. The van der Waals surface area contributed by atoms with Crippen LogP contribution < -0.4 is 5.32 Å². The average molecular weight is 548 g/mol. The summed E-state index contributed by atoms with van der Waals surface area (Å²) in [5.41, 5.74) is 4.29. The van der Waals surface area contributed by atoms with E-state index in [9.17, 15) is 13.5 Å². The molecule has 5 aromatic rings. The number of aryl methyl sites for hydroxylation is 1. The van der Waals surface area contributed by atoms with Gasteiger partial charge in [-0.3, -0.25) is 4.68 Å². The number of hydrogen-bond acceptors (Lipinski definition) is 9. The summed E-state index contributed by atoms with van der Waals surface area (Å²) in [4.78, 5) is 13.5. The topological polar surface area (TPSA) is 146 Å². The van der Waals surface area contributed by atoms with Gasteiger partial charge in [0.25, 0.3) is 10.0 Å². The summed E-state index contributed by atoms with van der Waals surface area (Å²) in [5, 5.41) is 21.9. The fourth-order valence-electron chi connectivity index (χ4n) is 4.58. The number of aliphatic hydroxyl groups is 1. The molecule has 6 rings (SSSR count). The van der Waals surface area contributed by atoms with E-state index in [1.165, 1.54) is 12.4 Å². The maximum absolute atomic E-state index is 12.5. The molecule has 0 radical (unpaired) electrons. The summed E-state index contributed by atoms with van der Waals surface area (Å²) in [7, 11) is -3.46. The van der Waals surface area contributed by atoms with Crippen LogP contribution in [0.5, 0.6) is 0 Å². The van der Waals surface area contributed by atoms with Crippen LogP contribution in [0.2, 0.25) is 0 Å². The van der Waals surface area contributed by atoms with Gasteiger partial charge in [-0.2, -0.15) is 14.3 Å². The van der Waals surface area contributed by atoms with Gasteiger partial charge in [0.05, 0.1) is 47.6 Å². The monoisotopic (exact) mass is 547 g/mol. The van der Waals surface area contributed by atoms with E-state index in [0.29, 0.717) is 42.4 Å². The molecule has 0 spiro atoms. The van der Waals surface area contributed by atoms with Gasteiger partial charge in [-0.25, -0.2) is 23.4 Å². The molecule has 0 amide bonds. The summed E-state index contributed by atoms with van der Waals surface area (Å²) in [6.45, 7) is 6.68. The minimum absolute atomic E-state index is 0.0267. The second kappa shape index (κ2) is 9.58. The zero-order valence-corrected chi connectivity index (χ0v) is 22.7. The first-order chi connectivity index (χ1) is 18.7. The van der Waals surface area contributed by atoms with E-state index in [2.05, 4.69) is 55.1 Å². The first-order valence-corrected chi connectivity index (χ1v) is 14.3. The quantitative estimate of drug-likeness (QED) is 0.283. The van der Waals surface area contributed by atoms with Crippen molar-refractivity contribution in [3.8, 4) is 22.6 Å². The normalized spacial score (nSPS) is 14.0. The summed E-state index contributed by atoms with van der Waals surface area (Å²) in [5.74, 6) is 1.48. The Morgan fingerprint density at radius 3 is 2.69 bits per heavy atom. The molecule has 0 aromatic carbocycles. The largest absolute Gasteiger partial charge is 0.394 e. The first kappa shape index (κ1) is 25.2. The van der Waals surface area contributed by atoms with Gasteiger partial charge in [-0.05, 0) is 45.7 Å². The molecule has 1 saturated carbocycles. The highest BCUT2D eigenvalue weighted by Gasteiger charge is 2.37. The third kappa shape index (κ3) is 4.68. The maximum Gasteiger partial charge on any atom is 0.256 e. The number of nitrogens with one attached hydrogen (secondary N) is 1. The Hall–Kier alpha value is -4.10. The Bertz CT molecular complexity index is 1780. The van der Waals surface area contributed by atoms with Gasteiger partial charge in [-0.1, -0.05) is 0 Å². The van der Waals surface area contributed by atoms with Crippen LogP contribution in [0.3, 0.4) is 0 Å². The molecule has 202 valence electrons. The standard InChI is InChI=1S/C26H29N9O3S/c1-16(2)33-15-21(22-10-17(3)34(32-22)8-9-36)20-13-28-25(11-23(20)33)30-24-6-7-27-26(31-24)18-12-29-35(14-18)39(37,38)19-4-5-19/h6-7,10-16,19,36H,4-5,8-9H2,1-3H3,(H,27,28,30,31). The second-order valence-electron chi connectivity index (χ2n) is 9.98. The van der Waals surface area contributed by atoms with E-state index < -0.39 is 10.0 Å². The van der Waals surface area contributed by atoms with Crippen molar-refractivity contribution >= 4 is 32.6 Å². The fraction of sp³-hybridized carbons (Fsp3) is 0.346. The Labute approximate surface area is 225 Å². The van der Waals surface area contributed by atoms with Crippen LogP contribution >= 0.6 is 0 Å². The molecular weight excluding hydrogens is 518 g/mol. The third-order valence-corrected chi connectivity index (χ3v) is 8.82. The van der Waals surface area contributed by atoms with Gasteiger partial charge in [0.1, 0.15) is 11.6 Å². The van der Waals surface area contributed by atoms with Crippen molar-refractivity contribution in [3.63, 3.8) is 0 Å². The number of nitrogens with zero attached hydrogens (tertiary/aromatic N) is 8. The molecule has 0 unspecified atom stereocenters. The van der Waals surface area contributed by atoms with Crippen molar-refractivity contribution < 1.29 is 13.5 Å². The molecule has 5 aromatic heterocycles. The van der Waals surface area contributed by atoms with Crippen LogP contribution in [-0.2, 0) is 16.6 Å². The zero-order chi connectivity index (χ0) is 27.3. The molecule has 0 atom stereocenters. The molecule has 1 aliphatic rings. The maximum atomic E-state index is 12.5. The lowest BCUT2D eigenvalue weighted by atomic mass is 10.1. The molecule has 2 N–H and O–H groups in total. The Balaban J connectivity index is 1.31. The van der Waals surface area contributed by atoms with E-state index in [1.54, 1.807) is 16.9 Å². The number of aliphatic hydroxyl groups excluding tert-OH is 1. The average Bonchev–Trinajstić information content (AvgIpc) is 3.37. The smallest absolute Gasteiger partial charge is 0.256 e. The Kier molecular flexibility index (Phi) is 6.19. The molecular formula is C26H29N9O3S. The molecule has 0 aliphatic heterocycles. The highest BCUT2D eigenvalue weighted by Crippen LogP contribution is 2.34. The predicted molar refractivity (Wildman–Crippen MR) is 147 cm³/mol. The van der Waals surface area contributed by atoms with Crippen LogP contribution in [0.4, 0.5) is 11.6 Å². The van der Waals surface area contributed by atoms with E-state index >= 15 is 0 Å². The van der Waals surface area contributed by atoms with Crippen LogP contribution in [-0.4, -0.2) is 63.9 Å². The van der Waals surface area contributed by atoms with Crippen LogP contribution in [0.1, 0.15) is 38.4 Å². The summed E-state index contributed by atoms with van der Waals surface area (Å²) >= 11 is 0. The van der Waals surface area contributed by atoms with Crippen LogP contribution in [0, 0.1) is 6.92 Å². The number of hydrogen-bond donors (Lipinski definition) is 2. The van der Waals surface area contributed by atoms with E-state index in [0.717, 1.165) is 31.9 Å². The molecule has 5 heterocycles. The molecule has 0 bridgehead atoms. The summed E-state index contributed by atoms with van der Waals surface area (Å²) < 4.78 is 30.0. The van der Waals surface area contributed by atoms with Crippen molar-refractivity contribution in [1.29, 1.82) is 0 Å². The zero-order valence-electron chi connectivity index (χ0n) is 21.9. The van der Waals surface area contributed by atoms with Crippen molar-refractivity contribution in [3.05, 3.63) is 54.9 Å². The van der Waals surface area contributed by atoms with Gasteiger partial charge < -0.3 is 15.0 Å². The SMILES string of the molecule is Cc1cc(-c2cn(C(C)C)c3cc(Nc4ccnc(-c5cnn(S(=O)(=O)C6CC6)c5)n4)ncc23)nn1CCO. The van der Waals surface area contributed by atoms with Gasteiger partial charge in [-0.15, -0.1) is 0 Å². The molecule has 39 heavy (non-hydrogen) atoms. The second-order valence-corrected chi connectivity index (χ2v) is 12.1. The predicted octanol–water partition coefficient (Wildman–Crippen LogP) is 3.52. The number of rotatable bonds is 9. The molecule has 0 saturated heterocycles. The third-order valence-electron chi connectivity index (χ3n) is 6.78. The van der Waals surface area contributed by atoms with Crippen molar-refractivity contribution in [1.82, 2.24) is 38.5 Å². The molecule has 13 heteroatoms. The lowest BCUT2D eigenvalue weighted by molar-refractivity contribution is 0.268. The lowest BCUT2D eigenvalue weighted by Crippen LogP contribution is -2.17. The van der Waals surface area contributed by atoms with Crippen LogP contribution in [0.25, 0.3) is 33.5 Å². The minimum Gasteiger partial charge on any atom is -0.394 e. The fourth-order valence-corrected chi connectivity index (χ4v) is 6.06. The van der Waals surface area contributed by atoms with Crippen molar-refractivity contribution in [2.75, 3.05) is 11.9 Å². The Morgan fingerprint density at radius 1 is 1.13 bits per heavy atom. The number of pyridine rings is 1. The molecule has 1 aliphatic carbocycles. The summed E-state index contributed by atoms with van der Waals surface area (Å²) in [6, 6.07) is 5.91. The first-order valence-electron chi connectivity index (χ1n) is 12.8. The van der Waals surface area contributed by atoms with E-state index in [4.69, 9.17) is 0 Å². The van der Waals surface area contributed by atoms with E-state index in [1.807, 2.05) is 25.3 Å². The van der Waals surface area contributed by atoms with Gasteiger partial charge in [0.15, 0.2) is 5.82 Å². The highest BCUT2D eigenvalue weighted by molar-refractivity contribution is 7.90. The minimum atomic E-state index is -3.46. The molecule has 12 nitrogen and oxygen atoms in total. The lowest BCUT2D eigenvalue weighted by Gasteiger charge is -2.10. The number of aromatic nitrogens is 8. The Morgan fingerprint density at radius 2 is 1.95 bits per heavy atom.